The Labute approximate surface area is 152 Å². The second-order valence-electron chi connectivity index (χ2n) is 5.53. The first-order chi connectivity index (χ1) is 11.6. The highest BCUT2D eigenvalue weighted by Crippen LogP contribution is 2.35. The van der Waals surface area contributed by atoms with Crippen molar-refractivity contribution in [3.05, 3.63) is 50.7 Å². The quantitative estimate of drug-likeness (QED) is 0.303. The Morgan fingerprint density at radius 1 is 1.60 bits per heavy atom. The van der Waals surface area contributed by atoms with Gasteiger partial charge in [-0.3, -0.25) is 10.1 Å². The van der Waals surface area contributed by atoms with Gasteiger partial charge in [-0.05, 0) is 36.1 Å². The third-order valence-electron chi connectivity index (χ3n) is 3.66. The minimum atomic E-state index is -4.18. The number of aliphatic hydroxyl groups is 1. The van der Waals surface area contributed by atoms with Gasteiger partial charge in [0, 0.05) is 25.8 Å². The Morgan fingerprint density at radius 2 is 2.24 bits per heavy atom. The highest BCUT2D eigenvalue weighted by molar-refractivity contribution is 6.29. The summed E-state index contributed by atoms with van der Waals surface area (Å²) in [5.74, 6) is -0.213. The van der Waals surface area contributed by atoms with Crippen molar-refractivity contribution in [3.63, 3.8) is 0 Å². The maximum atomic E-state index is 13.3. The Bertz CT molecular complexity index is 663. The molecule has 2 rings (SSSR count). The molecule has 1 atom stereocenters. The number of rotatable bonds is 8. The van der Waals surface area contributed by atoms with Crippen LogP contribution in [-0.4, -0.2) is 44.5 Å². The SMILES string of the molecule is CN/C(=C(/[C@@H](O)C(F)(F)Cl)[N+](=O)[O-])N(Cc1ccc(Cl)nc1)C1CC1. The molecule has 0 amide bonds. The molecule has 1 aromatic heterocycles. The largest absolute Gasteiger partial charge is 0.376 e. The number of nitrogens with one attached hydrogen (secondary N) is 1. The number of hydrogen-bond acceptors (Lipinski definition) is 6. The number of nitro groups is 1. The van der Waals surface area contributed by atoms with E-state index in [1.807, 2.05) is 0 Å². The average molecular weight is 397 g/mol. The Morgan fingerprint density at radius 3 is 2.64 bits per heavy atom. The number of pyridine rings is 1. The van der Waals surface area contributed by atoms with Crippen LogP contribution in [0.1, 0.15) is 18.4 Å². The lowest BCUT2D eigenvalue weighted by Gasteiger charge is -2.28. The molecule has 11 heteroatoms. The summed E-state index contributed by atoms with van der Waals surface area (Å²) in [4.78, 5) is 15.8. The van der Waals surface area contributed by atoms with E-state index in [9.17, 15) is 24.0 Å². The highest BCUT2D eigenvalue weighted by atomic mass is 35.5. The van der Waals surface area contributed by atoms with Crippen LogP contribution in [-0.2, 0) is 6.54 Å². The summed E-state index contributed by atoms with van der Waals surface area (Å²) in [6, 6.07) is 3.15. The minimum Gasteiger partial charge on any atom is -0.376 e. The summed E-state index contributed by atoms with van der Waals surface area (Å²) in [7, 11) is 1.35. The normalized spacial score (nSPS) is 16.9. The molecule has 1 saturated carbocycles. The summed E-state index contributed by atoms with van der Waals surface area (Å²) in [6.07, 6.45) is 0.203. The van der Waals surface area contributed by atoms with Crippen LogP contribution in [0.2, 0.25) is 5.15 Å². The monoisotopic (exact) mass is 396 g/mol. The number of alkyl halides is 3. The summed E-state index contributed by atoms with van der Waals surface area (Å²) < 4.78 is 26.6. The fourth-order valence-corrected chi connectivity index (χ4v) is 2.58. The molecule has 1 aliphatic carbocycles. The lowest BCUT2D eigenvalue weighted by molar-refractivity contribution is -0.443. The maximum absolute atomic E-state index is 13.3. The Kier molecular flexibility index (Phi) is 6.02. The standard InChI is InChI=1S/C14H16Cl2F2N4O3/c1-19-13(11(22(24)25)12(23)14(16,17)18)21(9-3-4-9)7-8-2-5-10(15)20-6-8/h2,5-6,9,12,19,23H,3-4,7H2,1H3/b13-11+/t12-/m1/s1. The lowest BCUT2D eigenvalue weighted by Crippen LogP contribution is -2.41. The van der Waals surface area contributed by atoms with Crippen molar-refractivity contribution in [2.24, 2.45) is 0 Å². The van der Waals surface area contributed by atoms with E-state index in [2.05, 4.69) is 10.3 Å². The first-order valence-corrected chi connectivity index (χ1v) is 8.09. The van der Waals surface area contributed by atoms with E-state index in [1.165, 1.54) is 13.2 Å². The molecule has 138 valence electrons. The Hall–Kier alpha value is -1.71. The number of hydrogen-bond donors (Lipinski definition) is 2. The first kappa shape index (κ1) is 19.6. The predicted molar refractivity (Wildman–Crippen MR) is 87.7 cm³/mol. The third kappa shape index (κ3) is 4.90. The van der Waals surface area contributed by atoms with Gasteiger partial charge in [0.2, 0.25) is 6.10 Å². The van der Waals surface area contributed by atoms with Crippen molar-refractivity contribution in [2.75, 3.05) is 7.05 Å². The summed E-state index contributed by atoms with van der Waals surface area (Å²) >= 11 is 10.5. The van der Waals surface area contributed by atoms with Gasteiger partial charge >= 0.3 is 11.1 Å². The van der Waals surface area contributed by atoms with Crippen LogP contribution in [0, 0.1) is 10.1 Å². The zero-order chi connectivity index (χ0) is 18.8. The Balaban J connectivity index is 2.43. The van der Waals surface area contributed by atoms with Crippen LogP contribution < -0.4 is 5.32 Å². The van der Waals surface area contributed by atoms with Crippen molar-refractivity contribution < 1.29 is 18.8 Å². The number of aliphatic hydroxyl groups excluding tert-OH is 1. The molecule has 1 aliphatic rings. The molecule has 0 radical (unpaired) electrons. The molecule has 0 spiro atoms. The molecule has 0 saturated heterocycles. The van der Waals surface area contributed by atoms with E-state index in [0.717, 1.165) is 12.8 Å². The van der Waals surface area contributed by atoms with Crippen LogP contribution in [0.25, 0.3) is 0 Å². The van der Waals surface area contributed by atoms with Crippen molar-refractivity contribution in [1.82, 2.24) is 15.2 Å². The van der Waals surface area contributed by atoms with E-state index < -0.39 is 22.1 Å². The second-order valence-corrected chi connectivity index (χ2v) is 6.42. The van der Waals surface area contributed by atoms with E-state index in [0.29, 0.717) is 5.56 Å². The fourth-order valence-electron chi connectivity index (χ4n) is 2.36. The number of halogens is 4. The van der Waals surface area contributed by atoms with Gasteiger partial charge in [0.05, 0.1) is 4.92 Å². The van der Waals surface area contributed by atoms with Gasteiger partial charge < -0.3 is 15.3 Å². The average Bonchev–Trinajstić information content (AvgIpc) is 3.35. The molecule has 0 bridgehead atoms. The highest BCUT2D eigenvalue weighted by Gasteiger charge is 2.48. The van der Waals surface area contributed by atoms with Gasteiger partial charge in [0.15, 0.2) is 5.82 Å². The van der Waals surface area contributed by atoms with Gasteiger partial charge in [-0.1, -0.05) is 17.7 Å². The summed E-state index contributed by atoms with van der Waals surface area (Å²) in [6.45, 7) is 0.170. The molecule has 1 heterocycles. The molecule has 1 fully saturated rings. The predicted octanol–water partition coefficient (Wildman–Crippen LogP) is 2.56. The summed E-state index contributed by atoms with van der Waals surface area (Å²) in [5, 5.41) is 19.7. The van der Waals surface area contributed by atoms with E-state index in [-0.39, 0.29) is 23.6 Å². The molecule has 0 unspecified atom stereocenters. The van der Waals surface area contributed by atoms with Crippen LogP contribution in [0.3, 0.4) is 0 Å². The lowest BCUT2D eigenvalue weighted by atomic mass is 10.2. The first-order valence-electron chi connectivity index (χ1n) is 7.33. The van der Waals surface area contributed by atoms with E-state index in [4.69, 9.17) is 23.2 Å². The smallest absolute Gasteiger partial charge is 0.357 e. The molecule has 1 aromatic rings. The molecule has 7 nitrogen and oxygen atoms in total. The topological polar surface area (TPSA) is 91.5 Å². The van der Waals surface area contributed by atoms with E-state index >= 15 is 0 Å². The summed E-state index contributed by atoms with van der Waals surface area (Å²) in [5.41, 5.74) is -0.407. The van der Waals surface area contributed by atoms with Gasteiger partial charge in [-0.2, -0.15) is 8.78 Å². The van der Waals surface area contributed by atoms with Gasteiger partial charge in [-0.25, -0.2) is 4.98 Å². The van der Waals surface area contributed by atoms with Crippen LogP contribution in [0.15, 0.2) is 29.8 Å². The molecule has 0 aromatic carbocycles. The van der Waals surface area contributed by atoms with Crippen molar-refractivity contribution in [1.29, 1.82) is 0 Å². The molecule has 2 N–H and O–H groups in total. The number of aromatic nitrogens is 1. The van der Waals surface area contributed by atoms with Crippen LogP contribution in [0.5, 0.6) is 0 Å². The van der Waals surface area contributed by atoms with Gasteiger partial charge in [0.25, 0.3) is 0 Å². The molecular weight excluding hydrogens is 381 g/mol. The van der Waals surface area contributed by atoms with E-state index in [1.54, 1.807) is 17.0 Å². The number of nitrogens with zero attached hydrogens (tertiary/aromatic N) is 3. The van der Waals surface area contributed by atoms with Crippen LogP contribution >= 0.6 is 23.2 Å². The van der Waals surface area contributed by atoms with Crippen LogP contribution in [0.4, 0.5) is 8.78 Å². The molecular formula is C14H16Cl2F2N4O3. The fraction of sp³-hybridized carbons (Fsp3) is 0.500. The van der Waals surface area contributed by atoms with Crippen molar-refractivity contribution in [2.45, 2.75) is 36.9 Å². The maximum Gasteiger partial charge on any atom is 0.357 e. The van der Waals surface area contributed by atoms with Gasteiger partial charge in [0.1, 0.15) is 5.15 Å². The van der Waals surface area contributed by atoms with Gasteiger partial charge in [-0.15, -0.1) is 0 Å². The zero-order valence-electron chi connectivity index (χ0n) is 13.1. The zero-order valence-corrected chi connectivity index (χ0v) is 14.6. The minimum absolute atomic E-state index is 0.0794. The van der Waals surface area contributed by atoms with Crippen molar-refractivity contribution in [3.8, 4) is 0 Å². The molecule has 0 aliphatic heterocycles. The molecule has 25 heavy (non-hydrogen) atoms. The second kappa shape index (κ2) is 7.67. The van der Waals surface area contributed by atoms with Crippen molar-refractivity contribution >= 4 is 23.2 Å². The third-order valence-corrected chi connectivity index (χ3v) is 4.09.